The SMILES string of the molecule is O=C([O-])c1ccc(Br)cc1C(=O)[O-]. The van der Waals surface area contributed by atoms with Crippen LogP contribution in [0.4, 0.5) is 0 Å². The number of rotatable bonds is 2. The fraction of sp³-hybridized carbons (Fsp3) is 0. The van der Waals surface area contributed by atoms with Gasteiger partial charge in [0.15, 0.2) is 0 Å². The van der Waals surface area contributed by atoms with Crippen molar-refractivity contribution in [2.75, 3.05) is 0 Å². The van der Waals surface area contributed by atoms with E-state index in [1.165, 1.54) is 6.07 Å². The molecular formula is C8H3BrO4-2. The number of benzene rings is 1. The molecular weight excluding hydrogens is 240 g/mol. The van der Waals surface area contributed by atoms with E-state index in [-0.39, 0.29) is 5.56 Å². The lowest BCUT2D eigenvalue weighted by molar-refractivity contribution is -0.259. The van der Waals surface area contributed by atoms with Crippen molar-refractivity contribution in [3.05, 3.63) is 33.8 Å². The fourth-order valence-corrected chi connectivity index (χ4v) is 1.22. The molecule has 0 aliphatic heterocycles. The van der Waals surface area contributed by atoms with Crippen molar-refractivity contribution in [1.29, 1.82) is 0 Å². The molecule has 0 aliphatic rings. The molecule has 0 spiro atoms. The molecule has 1 rings (SSSR count). The summed E-state index contributed by atoms with van der Waals surface area (Å²) in [6.45, 7) is 0. The Labute approximate surface area is 81.9 Å². The molecule has 5 heteroatoms. The topological polar surface area (TPSA) is 80.3 Å². The van der Waals surface area contributed by atoms with E-state index in [4.69, 9.17) is 0 Å². The molecule has 0 fully saturated rings. The Morgan fingerprint density at radius 1 is 1.08 bits per heavy atom. The maximum absolute atomic E-state index is 10.5. The molecule has 1 aromatic carbocycles. The van der Waals surface area contributed by atoms with E-state index < -0.39 is 17.5 Å². The molecule has 13 heavy (non-hydrogen) atoms. The highest BCUT2D eigenvalue weighted by Gasteiger charge is 2.04. The van der Waals surface area contributed by atoms with E-state index in [0.717, 1.165) is 12.1 Å². The van der Waals surface area contributed by atoms with Crippen LogP contribution >= 0.6 is 15.9 Å². The van der Waals surface area contributed by atoms with Gasteiger partial charge in [-0.15, -0.1) is 0 Å². The van der Waals surface area contributed by atoms with Gasteiger partial charge in [-0.3, -0.25) is 0 Å². The van der Waals surface area contributed by atoms with E-state index in [0.29, 0.717) is 4.47 Å². The summed E-state index contributed by atoms with van der Waals surface area (Å²) in [4.78, 5) is 20.9. The first-order valence-electron chi connectivity index (χ1n) is 3.24. The smallest absolute Gasteiger partial charge is 0.0722 e. The Kier molecular flexibility index (Phi) is 2.67. The Bertz CT molecular complexity index is 372. The summed E-state index contributed by atoms with van der Waals surface area (Å²) >= 11 is 3.01. The van der Waals surface area contributed by atoms with Gasteiger partial charge < -0.3 is 19.8 Å². The molecule has 4 nitrogen and oxygen atoms in total. The zero-order valence-electron chi connectivity index (χ0n) is 6.24. The normalized spacial score (nSPS) is 9.62. The molecule has 0 bridgehead atoms. The van der Waals surface area contributed by atoms with Crippen molar-refractivity contribution in [2.45, 2.75) is 0 Å². The van der Waals surface area contributed by atoms with Crippen LogP contribution in [0.1, 0.15) is 20.7 Å². The number of carbonyl (C=O) groups is 2. The van der Waals surface area contributed by atoms with Crippen molar-refractivity contribution in [3.63, 3.8) is 0 Å². The van der Waals surface area contributed by atoms with Crippen LogP contribution in [0.3, 0.4) is 0 Å². The van der Waals surface area contributed by atoms with E-state index in [9.17, 15) is 19.8 Å². The highest BCUT2D eigenvalue weighted by Crippen LogP contribution is 2.15. The van der Waals surface area contributed by atoms with Crippen LogP contribution in [0.5, 0.6) is 0 Å². The second-order valence-corrected chi connectivity index (χ2v) is 3.18. The molecule has 0 heterocycles. The molecule has 0 aliphatic carbocycles. The van der Waals surface area contributed by atoms with Crippen LogP contribution in [-0.4, -0.2) is 11.9 Å². The monoisotopic (exact) mass is 242 g/mol. The molecule has 0 aromatic heterocycles. The summed E-state index contributed by atoms with van der Waals surface area (Å²) in [5, 5.41) is 20.9. The predicted molar refractivity (Wildman–Crippen MR) is 42.8 cm³/mol. The number of carbonyl (C=O) groups excluding carboxylic acids is 2. The number of halogens is 1. The van der Waals surface area contributed by atoms with E-state index in [2.05, 4.69) is 15.9 Å². The number of carboxylic acids is 2. The van der Waals surface area contributed by atoms with Crippen LogP contribution in [0.25, 0.3) is 0 Å². The minimum absolute atomic E-state index is 0.386. The molecule has 0 atom stereocenters. The number of carboxylic acid groups (broad SMARTS) is 2. The van der Waals surface area contributed by atoms with Gasteiger partial charge in [0.2, 0.25) is 0 Å². The van der Waals surface area contributed by atoms with Gasteiger partial charge in [0.05, 0.1) is 11.9 Å². The van der Waals surface area contributed by atoms with Crippen LogP contribution in [0.15, 0.2) is 22.7 Å². The maximum atomic E-state index is 10.5. The molecule has 0 saturated heterocycles. The van der Waals surface area contributed by atoms with Gasteiger partial charge in [0.1, 0.15) is 0 Å². The Hall–Kier alpha value is -1.36. The third-order valence-electron chi connectivity index (χ3n) is 1.42. The summed E-state index contributed by atoms with van der Waals surface area (Å²) in [7, 11) is 0. The van der Waals surface area contributed by atoms with Crippen molar-refractivity contribution in [1.82, 2.24) is 0 Å². The first-order valence-corrected chi connectivity index (χ1v) is 4.04. The first kappa shape index (κ1) is 9.73. The van der Waals surface area contributed by atoms with Gasteiger partial charge in [-0.25, -0.2) is 0 Å². The zero-order chi connectivity index (χ0) is 10.0. The molecule has 0 saturated carbocycles. The third-order valence-corrected chi connectivity index (χ3v) is 1.91. The molecule has 68 valence electrons. The van der Waals surface area contributed by atoms with Crippen LogP contribution < -0.4 is 10.2 Å². The molecule has 0 amide bonds. The van der Waals surface area contributed by atoms with E-state index in [1.807, 2.05) is 0 Å². The first-order chi connectivity index (χ1) is 6.02. The lowest BCUT2D eigenvalue weighted by Crippen LogP contribution is -2.30. The Morgan fingerprint density at radius 2 is 1.62 bits per heavy atom. The van der Waals surface area contributed by atoms with Gasteiger partial charge in [-0.1, -0.05) is 22.0 Å². The second-order valence-electron chi connectivity index (χ2n) is 2.26. The predicted octanol–water partition coefficient (Wildman–Crippen LogP) is -0.824. The van der Waals surface area contributed by atoms with E-state index in [1.54, 1.807) is 0 Å². The number of hydrogen-bond donors (Lipinski definition) is 0. The average Bonchev–Trinajstić information content (AvgIpc) is 2.03. The van der Waals surface area contributed by atoms with Crippen molar-refractivity contribution < 1.29 is 19.8 Å². The number of aromatic carboxylic acids is 2. The molecule has 0 radical (unpaired) electrons. The van der Waals surface area contributed by atoms with Gasteiger partial charge in [0, 0.05) is 15.6 Å². The zero-order valence-corrected chi connectivity index (χ0v) is 7.83. The summed E-state index contributed by atoms with van der Waals surface area (Å²) in [5.74, 6) is -3.08. The highest BCUT2D eigenvalue weighted by molar-refractivity contribution is 9.10. The van der Waals surface area contributed by atoms with Crippen LogP contribution in [0, 0.1) is 0 Å². The Balaban J connectivity index is 3.35. The highest BCUT2D eigenvalue weighted by atomic mass is 79.9. The van der Waals surface area contributed by atoms with E-state index >= 15 is 0 Å². The van der Waals surface area contributed by atoms with Gasteiger partial charge >= 0.3 is 0 Å². The maximum Gasteiger partial charge on any atom is 0.0722 e. The summed E-state index contributed by atoms with van der Waals surface area (Å²) in [6, 6.07) is 3.71. The molecule has 0 N–H and O–H groups in total. The third kappa shape index (κ3) is 2.06. The standard InChI is InChI=1S/C8H5BrO4/c9-4-1-2-5(7(10)11)6(3-4)8(12)13/h1-3H,(H,10,11)(H,12,13)/p-2. The summed E-state index contributed by atoms with van der Waals surface area (Å²) in [5.41, 5.74) is -0.780. The van der Waals surface area contributed by atoms with Crippen LogP contribution in [-0.2, 0) is 0 Å². The molecule has 0 unspecified atom stereocenters. The van der Waals surface area contributed by atoms with Gasteiger partial charge in [0.25, 0.3) is 0 Å². The van der Waals surface area contributed by atoms with Crippen molar-refractivity contribution >= 4 is 27.9 Å². The van der Waals surface area contributed by atoms with Crippen molar-refractivity contribution in [3.8, 4) is 0 Å². The fourth-order valence-electron chi connectivity index (χ4n) is 0.863. The average molecular weight is 243 g/mol. The summed E-state index contributed by atoms with van der Waals surface area (Å²) < 4.78 is 0.469. The minimum atomic E-state index is -1.54. The summed E-state index contributed by atoms with van der Waals surface area (Å²) in [6.07, 6.45) is 0. The minimum Gasteiger partial charge on any atom is -0.545 e. The molecule has 1 aromatic rings. The quantitative estimate of drug-likeness (QED) is 0.679. The lowest BCUT2D eigenvalue weighted by atomic mass is 10.1. The largest absolute Gasteiger partial charge is 0.545 e. The van der Waals surface area contributed by atoms with Gasteiger partial charge in [-0.2, -0.15) is 0 Å². The van der Waals surface area contributed by atoms with Gasteiger partial charge in [-0.05, 0) is 12.1 Å². The number of hydrogen-bond acceptors (Lipinski definition) is 4. The van der Waals surface area contributed by atoms with Crippen LogP contribution in [0.2, 0.25) is 0 Å². The lowest BCUT2D eigenvalue weighted by Gasteiger charge is -2.10. The Morgan fingerprint density at radius 3 is 2.08 bits per heavy atom. The van der Waals surface area contributed by atoms with Crippen molar-refractivity contribution in [2.24, 2.45) is 0 Å². The second kappa shape index (κ2) is 3.57.